The molecule has 1 heterocycles. The van der Waals surface area contributed by atoms with Crippen molar-refractivity contribution in [1.29, 1.82) is 0 Å². The average Bonchev–Trinajstić information content (AvgIpc) is 2.69. The molecule has 2 amide bonds. The zero-order valence-corrected chi connectivity index (χ0v) is 9.77. The molecule has 17 heavy (non-hydrogen) atoms. The van der Waals surface area contributed by atoms with Gasteiger partial charge >= 0.3 is 0 Å². The number of primary amides is 1. The number of hydrogen-bond donors (Lipinski definition) is 3. The second-order valence-electron chi connectivity index (χ2n) is 3.75. The molecule has 0 radical (unpaired) electrons. The van der Waals surface area contributed by atoms with Gasteiger partial charge in [0.1, 0.15) is 11.5 Å². The fraction of sp³-hybridized carbons (Fsp3) is 0.500. The fourth-order valence-corrected chi connectivity index (χ4v) is 1.41. The number of unbranched alkanes of at least 4 members (excludes halogenated alkanes) is 1. The van der Waals surface area contributed by atoms with Gasteiger partial charge in [0.05, 0.1) is 6.54 Å². The highest BCUT2D eigenvalue weighted by molar-refractivity contribution is 5.95. The van der Waals surface area contributed by atoms with Gasteiger partial charge < -0.3 is 16.4 Å². The third-order valence-electron chi connectivity index (χ3n) is 2.24. The van der Waals surface area contributed by atoms with Crippen molar-refractivity contribution in [1.82, 2.24) is 15.1 Å². The molecule has 0 fully saturated rings. The number of nitrogens with zero attached hydrogens (tertiary/aromatic N) is 2. The van der Waals surface area contributed by atoms with Crippen molar-refractivity contribution >= 4 is 17.6 Å². The Morgan fingerprint density at radius 1 is 1.53 bits per heavy atom. The van der Waals surface area contributed by atoms with Gasteiger partial charge in [-0.25, -0.2) is 0 Å². The molecule has 1 aromatic rings. The SMILES string of the molecule is CCCCN(CC(N)=O)C(=O)c1cc(N)n[nH]1. The Morgan fingerprint density at radius 3 is 2.71 bits per heavy atom. The van der Waals surface area contributed by atoms with Crippen LogP contribution in [0.3, 0.4) is 0 Å². The van der Waals surface area contributed by atoms with Crippen molar-refractivity contribution in [3.8, 4) is 0 Å². The highest BCUT2D eigenvalue weighted by Gasteiger charge is 2.18. The van der Waals surface area contributed by atoms with E-state index in [-0.39, 0.29) is 24.0 Å². The zero-order chi connectivity index (χ0) is 12.8. The van der Waals surface area contributed by atoms with Gasteiger partial charge in [0, 0.05) is 12.6 Å². The standard InChI is InChI=1S/C10H17N5O2/c1-2-3-4-15(6-9(12)16)10(17)7-5-8(11)14-13-7/h5H,2-4,6H2,1H3,(H2,12,16)(H3,11,13,14). The largest absolute Gasteiger partial charge is 0.382 e. The number of carbonyl (C=O) groups excluding carboxylic acids is 2. The predicted molar refractivity (Wildman–Crippen MR) is 63.0 cm³/mol. The number of carbonyl (C=O) groups is 2. The van der Waals surface area contributed by atoms with Crippen molar-refractivity contribution in [2.45, 2.75) is 19.8 Å². The van der Waals surface area contributed by atoms with Crippen LogP contribution in [0.2, 0.25) is 0 Å². The van der Waals surface area contributed by atoms with E-state index in [0.717, 1.165) is 12.8 Å². The van der Waals surface area contributed by atoms with E-state index in [1.807, 2.05) is 6.92 Å². The van der Waals surface area contributed by atoms with E-state index in [4.69, 9.17) is 11.5 Å². The number of aromatic amines is 1. The van der Waals surface area contributed by atoms with Crippen LogP contribution in [0.4, 0.5) is 5.82 Å². The summed E-state index contributed by atoms with van der Waals surface area (Å²) in [5.74, 6) is -0.619. The summed E-state index contributed by atoms with van der Waals surface area (Å²) < 4.78 is 0. The van der Waals surface area contributed by atoms with Gasteiger partial charge in [0.15, 0.2) is 0 Å². The minimum absolute atomic E-state index is 0.0994. The number of hydrogen-bond acceptors (Lipinski definition) is 4. The first-order chi connectivity index (χ1) is 8.04. The average molecular weight is 239 g/mol. The molecule has 0 aliphatic heterocycles. The summed E-state index contributed by atoms with van der Waals surface area (Å²) in [6, 6.07) is 1.43. The van der Waals surface area contributed by atoms with Crippen LogP contribution < -0.4 is 11.5 Å². The Morgan fingerprint density at radius 2 is 2.24 bits per heavy atom. The van der Waals surface area contributed by atoms with Crippen LogP contribution in [0.15, 0.2) is 6.07 Å². The summed E-state index contributed by atoms with van der Waals surface area (Å²) in [5.41, 5.74) is 10.8. The van der Waals surface area contributed by atoms with Crippen LogP contribution in [0.25, 0.3) is 0 Å². The monoisotopic (exact) mass is 239 g/mol. The first-order valence-electron chi connectivity index (χ1n) is 5.43. The molecule has 0 saturated heterocycles. The summed E-state index contributed by atoms with van der Waals surface area (Å²) >= 11 is 0. The molecule has 5 N–H and O–H groups in total. The van der Waals surface area contributed by atoms with Gasteiger partial charge in [-0.2, -0.15) is 5.10 Å². The second-order valence-corrected chi connectivity index (χ2v) is 3.75. The quantitative estimate of drug-likeness (QED) is 0.632. The van der Waals surface area contributed by atoms with Crippen molar-refractivity contribution in [3.05, 3.63) is 11.8 Å². The number of nitrogens with two attached hydrogens (primary N) is 2. The topological polar surface area (TPSA) is 118 Å². The smallest absolute Gasteiger partial charge is 0.272 e. The molecule has 94 valence electrons. The first kappa shape index (κ1) is 13.0. The Balaban J connectivity index is 2.74. The number of aromatic nitrogens is 2. The zero-order valence-electron chi connectivity index (χ0n) is 9.77. The predicted octanol–water partition coefficient (Wildman–Crippen LogP) is -0.280. The van der Waals surface area contributed by atoms with E-state index in [1.54, 1.807) is 0 Å². The molecule has 0 aliphatic rings. The molecule has 1 aromatic heterocycles. The van der Waals surface area contributed by atoms with Crippen LogP contribution in [0, 0.1) is 0 Å². The minimum atomic E-state index is -0.540. The van der Waals surface area contributed by atoms with Crippen molar-refractivity contribution < 1.29 is 9.59 Å². The molecule has 1 rings (SSSR count). The van der Waals surface area contributed by atoms with E-state index in [0.29, 0.717) is 6.54 Å². The molecular formula is C10H17N5O2. The molecule has 0 aliphatic carbocycles. The lowest BCUT2D eigenvalue weighted by atomic mass is 10.2. The third-order valence-corrected chi connectivity index (χ3v) is 2.24. The number of anilines is 1. The Bertz CT molecular complexity index is 401. The number of H-pyrrole nitrogens is 1. The van der Waals surface area contributed by atoms with E-state index >= 15 is 0 Å². The van der Waals surface area contributed by atoms with Crippen LogP contribution in [-0.4, -0.2) is 40.0 Å². The Labute approximate surface area is 99.1 Å². The highest BCUT2D eigenvalue weighted by Crippen LogP contribution is 2.06. The fourth-order valence-electron chi connectivity index (χ4n) is 1.41. The molecule has 0 spiro atoms. The van der Waals surface area contributed by atoms with E-state index in [2.05, 4.69) is 10.2 Å². The summed E-state index contributed by atoms with van der Waals surface area (Å²) in [4.78, 5) is 24.3. The van der Waals surface area contributed by atoms with Gasteiger partial charge in [-0.05, 0) is 6.42 Å². The minimum Gasteiger partial charge on any atom is -0.382 e. The first-order valence-corrected chi connectivity index (χ1v) is 5.43. The van der Waals surface area contributed by atoms with Gasteiger partial charge in [-0.3, -0.25) is 14.7 Å². The summed E-state index contributed by atoms with van der Waals surface area (Å²) in [5, 5.41) is 6.19. The summed E-state index contributed by atoms with van der Waals surface area (Å²) in [6.07, 6.45) is 1.73. The van der Waals surface area contributed by atoms with E-state index in [1.165, 1.54) is 11.0 Å². The van der Waals surface area contributed by atoms with Gasteiger partial charge in [0.2, 0.25) is 5.91 Å². The van der Waals surface area contributed by atoms with Crippen LogP contribution in [0.1, 0.15) is 30.3 Å². The Kier molecular flexibility index (Phi) is 4.50. The molecule has 7 heteroatoms. The number of nitrogens with one attached hydrogen (secondary N) is 1. The molecular weight excluding hydrogens is 222 g/mol. The molecule has 0 unspecified atom stereocenters. The van der Waals surface area contributed by atoms with E-state index < -0.39 is 5.91 Å². The maximum absolute atomic E-state index is 12.0. The molecule has 0 atom stereocenters. The van der Waals surface area contributed by atoms with E-state index in [9.17, 15) is 9.59 Å². The maximum Gasteiger partial charge on any atom is 0.272 e. The highest BCUT2D eigenvalue weighted by atomic mass is 16.2. The number of nitrogen functional groups attached to an aromatic ring is 1. The molecule has 0 bridgehead atoms. The Hall–Kier alpha value is -2.05. The van der Waals surface area contributed by atoms with Gasteiger partial charge in [-0.1, -0.05) is 13.3 Å². The summed E-state index contributed by atoms with van der Waals surface area (Å²) in [6.45, 7) is 2.38. The van der Waals surface area contributed by atoms with Crippen LogP contribution >= 0.6 is 0 Å². The van der Waals surface area contributed by atoms with Crippen LogP contribution in [-0.2, 0) is 4.79 Å². The van der Waals surface area contributed by atoms with Crippen LogP contribution in [0.5, 0.6) is 0 Å². The summed E-state index contributed by atoms with van der Waals surface area (Å²) in [7, 11) is 0. The van der Waals surface area contributed by atoms with Gasteiger partial charge in [0.25, 0.3) is 5.91 Å². The van der Waals surface area contributed by atoms with Crippen molar-refractivity contribution in [3.63, 3.8) is 0 Å². The maximum atomic E-state index is 12.0. The van der Waals surface area contributed by atoms with Crippen molar-refractivity contribution in [2.24, 2.45) is 5.73 Å². The van der Waals surface area contributed by atoms with Crippen molar-refractivity contribution in [2.75, 3.05) is 18.8 Å². The molecule has 7 nitrogen and oxygen atoms in total. The lowest BCUT2D eigenvalue weighted by molar-refractivity contribution is -0.118. The third kappa shape index (κ3) is 3.78. The number of amides is 2. The number of rotatable bonds is 6. The molecule has 0 saturated carbocycles. The lowest BCUT2D eigenvalue weighted by Gasteiger charge is -2.19. The van der Waals surface area contributed by atoms with Gasteiger partial charge in [-0.15, -0.1) is 0 Å². The molecule has 0 aromatic carbocycles. The second kappa shape index (κ2) is 5.88. The lowest BCUT2D eigenvalue weighted by Crippen LogP contribution is -2.39. The normalized spacial score (nSPS) is 10.2.